The van der Waals surface area contributed by atoms with Gasteiger partial charge in [-0.2, -0.15) is 4.98 Å². The van der Waals surface area contributed by atoms with Crippen molar-refractivity contribution < 1.29 is 9.32 Å². The molecule has 3 heterocycles. The number of carbonyl (C=O) groups is 1. The van der Waals surface area contributed by atoms with Crippen LogP contribution in [0.1, 0.15) is 19.3 Å². The minimum Gasteiger partial charge on any atom is -0.341 e. The van der Waals surface area contributed by atoms with Crippen molar-refractivity contribution in [3.05, 3.63) is 58.0 Å². The van der Waals surface area contributed by atoms with Gasteiger partial charge in [-0.15, -0.1) is 0 Å². The van der Waals surface area contributed by atoms with Crippen molar-refractivity contribution in [1.82, 2.24) is 19.6 Å². The minimum atomic E-state index is -0.334. The van der Waals surface area contributed by atoms with Gasteiger partial charge in [0.05, 0.1) is 0 Å². The van der Waals surface area contributed by atoms with Crippen molar-refractivity contribution in [3.8, 4) is 22.8 Å². The number of pyridine rings is 1. The van der Waals surface area contributed by atoms with Crippen LogP contribution in [0.5, 0.6) is 0 Å². The number of halogens is 1. The Morgan fingerprint density at radius 1 is 1.11 bits per heavy atom. The van der Waals surface area contributed by atoms with E-state index in [0.717, 1.165) is 37.9 Å². The van der Waals surface area contributed by atoms with Gasteiger partial charge >= 0.3 is 0 Å². The Morgan fingerprint density at radius 2 is 1.86 bits per heavy atom. The Morgan fingerprint density at radius 3 is 2.61 bits per heavy atom. The van der Waals surface area contributed by atoms with E-state index in [-0.39, 0.29) is 29.5 Å². The molecule has 4 rings (SSSR count). The van der Waals surface area contributed by atoms with E-state index in [9.17, 15) is 9.59 Å². The zero-order valence-corrected chi connectivity index (χ0v) is 15.9. The summed E-state index contributed by atoms with van der Waals surface area (Å²) in [5.41, 5.74) is 0.664. The predicted molar refractivity (Wildman–Crippen MR) is 105 cm³/mol. The van der Waals surface area contributed by atoms with Crippen LogP contribution in [-0.2, 0) is 11.3 Å². The molecule has 0 N–H and O–H groups in total. The van der Waals surface area contributed by atoms with Gasteiger partial charge in [-0.1, -0.05) is 16.8 Å². The van der Waals surface area contributed by atoms with Crippen LogP contribution in [0.25, 0.3) is 22.8 Å². The second-order valence-electron chi connectivity index (χ2n) is 6.73. The predicted octanol–water partition coefficient (Wildman–Crippen LogP) is 3.23. The second kappa shape index (κ2) is 7.98. The molecule has 0 bridgehead atoms. The minimum absolute atomic E-state index is 0.00481. The highest BCUT2D eigenvalue weighted by molar-refractivity contribution is 6.30. The summed E-state index contributed by atoms with van der Waals surface area (Å²) < 4.78 is 6.68. The molecule has 0 radical (unpaired) electrons. The fraction of sp³-hybridized carbons (Fsp3) is 0.300. The number of rotatable bonds is 4. The molecule has 2 aromatic heterocycles. The van der Waals surface area contributed by atoms with Crippen LogP contribution in [0.2, 0.25) is 5.02 Å². The van der Waals surface area contributed by atoms with Gasteiger partial charge in [0.15, 0.2) is 0 Å². The number of piperidine rings is 1. The first-order valence-corrected chi connectivity index (χ1v) is 9.57. The van der Waals surface area contributed by atoms with Crippen LogP contribution < -0.4 is 5.56 Å². The highest BCUT2D eigenvalue weighted by Crippen LogP contribution is 2.21. The van der Waals surface area contributed by atoms with Crippen molar-refractivity contribution in [2.45, 2.75) is 25.8 Å². The molecule has 144 valence electrons. The van der Waals surface area contributed by atoms with E-state index in [1.54, 1.807) is 42.6 Å². The lowest BCUT2D eigenvalue weighted by molar-refractivity contribution is -0.132. The van der Waals surface area contributed by atoms with Gasteiger partial charge in [0.2, 0.25) is 11.7 Å². The van der Waals surface area contributed by atoms with Gasteiger partial charge in [0.25, 0.3) is 11.4 Å². The monoisotopic (exact) mass is 398 g/mol. The largest absolute Gasteiger partial charge is 0.341 e. The van der Waals surface area contributed by atoms with Gasteiger partial charge in [0.1, 0.15) is 12.1 Å². The number of likely N-dealkylation sites (tertiary alicyclic amines) is 1. The SMILES string of the molecule is O=C(Cn1cccc(-c2nc(-c3ccc(Cl)cc3)no2)c1=O)N1CCCCC1. The maximum atomic E-state index is 12.8. The molecule has 0 unspecified atom stereocenters. The number of nitrogens with zero attached hydrogens (tertiary/aromatic N) is 4. The van der Waals surface area contributed by atoms with E-state index in [2.05, 4.69) is 10.1 Å². The van der Waals surface area contributed by atoms with Crippen LogP contribution in [0, 0.1) is 0 Å². The Kier molecular flexibility index (Phi) is 5.25. The molecule has 1 saturated heterocycles. The Labute approximate surface area is 166 Å². The van der Waals surface area contributed by atoms with Gasteiger partial charge in [0, 0.05) is 29.9 Å². The van der Waals surface area contributed by atoms with Gasteiger partial charge in [-0.05, 0) is 55.7 Å². The molecule has 1 fully saturated rings. The maximum Gasteiger partial charge on any atom is 0.263 e. The van der Waals surface area contributed by atoms with Gasteiger partial charge < -0.3 is 14.0 Å². The fourth-order valence-corrected chi connectivity index (χ4v) is 3.39. The summed E-state index contributed by atoms with van der Waals surface area (Å²) in [5.74, 6) is 0.437. The van der Waals surface area contributed by atoms with Gasteiger partial charge in [-0.25, -0.2) is 0 Å². The van der Waals surface area contributed by atoms with Crippen molar-refractivity contribution >= 4 is 17.5 Å². The van der Waals surface area contributed by atoms with Crippen LogP contribution in [-0.4, -0.2) is 38.6 Å². The topological polar surface area (TPSA) is 81.2 Å². The lowest BCUT2D eigenvalue weighted by Gasteiger charge is -2.26. The first kappa shape index (κ1) is 18.4. The third kappa shape index (κ3) is 3.84. The quantitative estimate of drug-likeness (QED) is 0.674. The molecule has 7 nitrogen and oxygen atoms in total. The Hall–Kier alpha value is -2.93. The second-order valence-corrected chi connectivity index (χ2v) is 7.16. The van der Waals surface area contributed by atoms with Crippen LogP contribution >= 0.6 is 11.6 Å². The summed E-state index contributed by atoms with van der Waals surface area (Å²) >= 11 is 5.90. The van der Waals surface area contributed by atoms with E-state index in [1.807, 2.05) is 4.90 Å². The van der Waals surface area contributed by atoms with E-state index in [0.29, 0.717) is 10.8 Å². The third-order valence-corrected chi connectivity index (χ3v) is 5.05. The van der Waals surface area contributed by atoms with Crippen LogP contribution in [0.3, 0.4) is 0 Å². The number of aromatic nitrogens is 3. The molecule has 0 atom stereocenters. The normalized spacial score (nSPS) is 14.2. The van der Waals surface area contributed by atoms with Crippen molar-refractivity contribution in [1.29, 1.82) is 0 Å². The van der Waals surface area contributed by atoms with Crippen molar-refractivity contribution in [2.75, 3.05) is 13.1 Å². The molecule has 28 heavy (non-hydrogen) atoms. The Bertz CT molecular complexity index is 1040. The fourth-order valence-electron chi connectivity index (χ4n) is 3.26. The molecule has 0 saturated carbocycles. The number of hydrogen-bond acceptors (Lipinski definition) is 5. The number of amides is 1. The van der Waals surface area contributed by atoms with E-state index < -0.39 is 0 Å². The molecule has 0 aliphatic carbocycles. The first-order chi connectivity index (χ1) is 13.6. The average molecular weight is 399 g/mol. The molecule has 0 spiro atoms. The molecule has 8 heteroatoms. The van der Waals surface area contributed by atoms with E-state index in [4.69, 9.17) is 16.1 Å². The summed E-state index contributed by atoms with van der Waals surface area (Å²) in [4.78, 5) is 31.4. The lowest BCUT2D eigenvalue weighted by atomic mass is 10.1. The number of benzene rings is 1. The lowest BCUT2D eigenvalue weighted by Crippen LogP contribution is -2.39. The number of hydrogen-bond donors (Lipinski definition) is 0. The zero-order chi connectivity index (χ0) is 19.5. The first-order valence-electron chi connectivity index (χ1n) is 9.19. The molecule has 1 aliphatic heterocycles. The smallest absolute Gasteiger partial charge is 0.263 e. The van der Waals surface area contributed by atoms with Crippen molar-refractivity contribution in [2.24, 2.45) is 0 Å². The van der Waals surface area contributed by atoms with Crippen LogP contribution in [0.4, 0.5) is 0 Å². The molecule has 1 aromatic carbocycles. The summed E-state index contributed by atoms with van der Waals surface area (Å²) in [7, 11) is 0. The van der Waals surface area contributed by atoms with Gasteiger partial charge in [-0.3, -0.25) is 9.59 Å². The van der Waals surface area contributed by atoms with E-state index >= 15 is 0 Å². The summed E-state index contributed by atoms with van der Waals surface area (Å²) in [6, 6.07) is 10.3. The highest BCUT2D eigenvalue weighted by Gasteiger charge is 2.19. The molecule has 3 aromatic rings. The van der Waals surface area contributed by atoms with Crippen molar-refractivity contribution in [3.63, 3.8) is 0 Å². The molecular weight excluding hydrogens is 380 g/mol. The molecular formula is C20H19ClN4O3. The zero-order valence-electron chi connectivity index (χ0n) is 15.2. The summed E-state index contributed by atoms with van der Waals surface area (Å²) in [5, 5.41) is 4.55. The third-order valence-electron chi connectivity index (χ3n) is 4.79. The van der Waals surface area contributed by atoms with Crippen LogP contribution in [0.15, 0.2) is 51.9 Å². The van der Waals surface area contributed by atoms with E-state index in [1.165, 1.54) is 4.57 Å². The molecule has 1 amide bonds. The average Bonchev–Trinajstić information content (AvgIpc) is 3.20. The Balaban J connectivity index is 1.57. The number of carbonyl (C=O) groups excluding carboxylic acids is 1. The molecule has 1 aliphatic rings. The maximum absolute atomic E-state index is 12.8. The summed E-state index contributed by atoms with van der Waals surface area (Å²) in [6.45, 7) is 1.51. The standard InChI is InChI=1S/C20H19ClN4O3/c21-15-8-6-14(7-9-15)18-22-19(28-23-18)16-5-4-12-25(20(16)27)13-17(26)24-10-2-1-3-11-24/h4-9,12H,1-3,10-11,13H2. The summed E-state index contributed by atoms with van der Waals surface area (Å²) in [6.07, 6.45) is 4.77. The highest BCUT2D eigenvalue weighted by atomic mass is 35.5.